The van der Waals surface area contributed by atoms with Gasteiger partial charge in [-0.1, -0.05) is 18.2 Å². The van der Waals surface area contributed by atoms with Crippen molar-refractivity contribution in [1.82, 2.24) is 20.1 Å². The molecule has 1 aromatic carbocycles. The molecule has 2 aromatic heterocycles. The van der Waals surface area contributed by atoms with Crippen LogP contribution in [0.15, 0.2) is 41.3 Å². The maximum atomic E-state index is 12.1. The monoisotopic (exact) mass is 256 g/mol. The number of aromatic nitrogens is 3. The third kappa shape index (κ3) is 2.20. The fraction of sp³-hybridized carbons (Fsp3) is 0.154. The van der Waals surface area contributed by atoms with Crippen LogP contribution in [0, 0.1) is 0 Å². The highest BCUT2D eigenvalue weighted by Crippen LogP contribution is 2.20. The van der Waals surface area contributed by atoms with Gasteiger partial charge in [0.15, 0.2) is 5.82 Å². The van der Waals surface area contributed by atoms with Crippen molar-refractivity contribution in [2.45, 2.75) is 6.54 Å². The van der Waals surface area contributed by atoms with Gasteiger partial charge in [-0.3, -0.25) is 9.48 Å². The lowest BCUT2D eigenvalue weighted by Gasteiger charge is -2.00. The van der Waals surface area contributed by atoms with Crippen LogP contribution >= 0.6 is 0 Å². The van der Waals surface area contributed by atoms with Gasteiger partial charge in [-0.25, -0.2) is 4.98 Å². The summed E-state index contributed by atoms with van der Waals surface area (Å²) in [5.74, 6) is 0.376. The maximum absolute atomic E-state index is 12.1. The Morgan fingerprint density at radius 1 is 1.42 bits per heavy atom. The average Bonchev–Trinajstić information content (AvgIpc) is 3.02. The Bertz CT molecular complexity index is 729. The molecule has 0 spiro atoms. The first-order valence-corrected chi connectivity index (χ1v) is 5.83. The van der Waals surface area contributed by atoms with E-state index < -0.39 is 0 Å². The third-order valence-electron chi connectivity index (χ3n) is 2.78. The van der Waals surface area contributed by atoms with Crippen molar-refractivity contribution in [2.24, 2.45) is 7.05 Å². The number of nitrogens with one attached hydrogen (secondary N) is 1. The van der Waals surface area contributed by atoms with Crippen molar-refractivity contribution in [1.29, 1.82) is 0 Å². The zero-order valence-corrected chi connectivity index (χ0v) is 10.3. The first-order valence-electron chi connectivity index (χ1n) is 5.83. The molecule has 3 aromatic rings. The molecule has 0 radical (unpaired) electrons. The number of amides is 1. The second-order valence-corrected chi connectivity index (χ2v) is 4.16. The molecule has 96 valence electrons. The van der Waals surface area contributed by atoms with E-state index in [-0.39, 0.29) is 5.91 Å². The molecule has 0 bridgehead atoms. The van der Waals surface area contributed by atoms with E-state index in [0.29, 0.717) is 23.5 Å². The molecule has 0 aliphatic heterocycles. The highest BCUT2D eigenvalue weighted by molar-refractivity contribution is 6.05. The summed E-state index contributed by atoms with van der Waals surface area (Å²) in [6.07, 6.45) is 3.06. The maximum Gasteiger partial charge on any atom is 0.255 e. The number of rotatable bonds is 3. The van der Waals surface area contributed by atoms with E-state index in [1.807, 2.05) is 24.3 Å². The topological polar surface area (TPSA) is 73.0 Å². The van der Waals surface area contributed by atoms with Gasteiger partial charge >= 0.3 is 0 Å². The third-order valence-corrected chi connectivity index (χ3v) is 2.78. The Morgan fingerprint density at radius 2 is 2.26 bits per heavy atom. The van der Waals surface area contributed by atoms with Gasteiger partial charge in [0.2, 0.25) is 0 Å². The van der Waals surface area contributed by atoms with Crippen LogP contribution in [-0.2, 0) is 13.6 Å². The van der Waals surface area contributed by atoms with Gasteiger partial charge in [-0.05, 0) is 6.07 Å². The van der Waals surface area contributed by atoms with Crippen molar-refractivity contribution in [2.75, 3.05) is 0 Å². The largest absolute Gasteiger partial charge is 0.463 e. The number of carbonyl (C=O) groups is 1. The standard InChI is InChI=1S/C13H12N4O2/c1-17-8-15-12(16-17)6-14-13(18)10-7-19-11-5-3-2-4-9(10)11/h2-5,7-8H,6H2,1H3,(H,14,18). The van der Waals surface area contributed by atoms with Crippen molar-refractivity contribution >= 4 is 16.9 Å². The molecule has 3 rings (SSSR count). The molecule has 6 heteroatoms. The predicted molar refractivity (Wildman–Crippen MR) is 68.4 cm³/mol. The molecule has 1 amide bonds. The molecule has 2 heterocycles. The van der Waals surface area contributed by atoms with E-state index in [0.717, 1.165) is 5.39 Å². The molecule has 0 saturated carbocycles. The summed E-state index contributed by atoms with van der Waals surface area (Å²) in [7, 11) is 1.78. The van der Waals surface area contributed by atoms with Crippen LogP contribution in [0.5, 0.6) is 0 Å². The quantitative estimate of drug-likeness (QED) is 0.770. The zero-order chi connectivity index (χ0) is 13.2. The number of benzene rings is 1. The van der Waals surface area contributed by atoms with E-state index >= 15 is 0 Å². The minimum absolute atomic E-state index is 0.197. The van der Waals surface area contributed by atoms with Crippen LogP contribution in [0.25, 0.3) is 11.0 Å². The number of aryl methyl sites for hydroxylation is 1. The summed E-state index contributed by atoms with van der Waals surface area (Å²) < 4.78 is 6.92. The molecular formula is C13H12N4O2. The fourth-order valence-electron chi connectivity index (χ4n) is 1.87. The van der Waals surface area contributed by atoms with Crippen LogP contribution in [0.4, 0.5) is 0 Å². The predicted octanol–water partition coefficient (Wildman–Crippen LogP) is 1.49. The van der Waals surface area contributed by atoms with Crippen LogP contribution in [-0.4, -0.2) is 20.7 Å². The van der Waals surface area contributed by atoms with Gasteiger partial charge in [0.1, 0.15) is 18.2 Å². The summed E-state index contributed by atoms with van der Waals surface area (Å²) in [4.78, 5) is 16.1. The van der Waals surface area contributed by atoms with Crippen molar-refractivity contribution in [3.05, 3.63) is 48.2 Å². The molecule has 0 saturated heterocycles. The number of furan rings is 1. The molecule has 6 nitrogen and oxygen atoms in total. The lowest BCUT2D eigenvalue weighted by molar-refractivity contribution is 0.0950. The van der Waals surface area contributed by atoms with Crippen LogP contribution in [0.1, 0.15) is 16.2 Å². The molecule has 0 aliphatic rings. The van der Waals surface area contributed by atoms with Crippen molar-refractivity contribution in [3.63, 3.8) is 0 Å². The lowest BCUT2D eigenvalue weighted by atomic mass is 10.1. The highest BCUT2D eigenvalue weighted by atomic mass is 16.3. The molecule has 0 aliphatic carbocycles. The number of hydrogen-bond donors (Lipinski definition) is 1. The van der Waals surface area contributed by atoms with Gasteiger partial charge in [0.05, 0.1) is 12.1 Å². The summed E-state index contributed by atoms with van der Waals surface area (Å²) in [6.45, 7) is 0.291. The summed E-state index contributed by atoms with van der Waals surface area (Å²) in [5.41, 5.74) is 1.22. The SMILES string of the molecule is Cn1cnc(CNC(=O)c2coc3ccccc23)n1. The normalized spacial score (nSPS) is 10.8. The van der Waals surface area contributed by atoms with Gasteiger partial charge in [-0.15, -0.1) is 0 Å². The summed E-state index contributed by atoms with van der Waals surface area (Å²) >= 11 is 0. The summed E-state index contributed by atoms with van der Waals surface area (Å²) in [6, 6.07) is 7.42. The minimum Gasteiger partial charge on any atom is -0.463 e. The molecule has 0 fully saturated rings. The summed E-state index contributed by atoms with van der Waals surface area (Å²) in [5, 5.41) is 7.66. The van der Waals surface area contributed by atoms with E-state index in [2.05, 4.69) is 15.4 Å². The number of hydrogen-bond acceptors (Lipinski definition) is 4. The Hall–Kier alpha value is -2.63. The number of carbonyl (C=O) groups excluding carboxylic acids is 1. The molecule has 0 unspecified atom stereocenters. The first kappa shape index (κ1) is 11.5. The van der Waals surface area contributed by atoms with Crippen LogP contribution in [0.2, 0.25) is 0 Å². The zero-order valence-electron chi connectivity index (χ0n) is 10.3. The second-order valence-electron chi connectivity index (χ2n) is 4.16. The van der Waals surface area contributed by atoms with Gasteiger partial charge in [-0.2, -0.15) is 5.10 Å². The fourth-order valence-corrected chi connectivity index (χ4v) is 1.87. The van der Waals surface area contributed by atoms with Crippen LogP contribution in [0.3, 0.4) is 0 Å². The Labute approximate surface area is 109 Å². The highest BCUT2D eigenvalue weighted by Gasteiger charge is 2.13. The smallest absolute Gasteiger partial charge is 0.255 e. The Balaban J connectivity index is 1.77. The van der Waals surface area contributed by atoms with Crippen molar-refractivity contribution < 1.29 is 9.21 Å². The molecular weight excluding hydrogens is 244 g/mol. The van der Waals surface area contributed by atoms with Crippen LogP contribution < -0.4 is 5.32 Å². The van der Waals surface area contributed by atoms with E-state index in [1.165, 1.54) is 6.26 Å². The van der Waals surface area contributed by atoms with Gasteiger partial charge < -0.3 is 9.73 Å². The van der Waals surface area contributed by atoms with E-state index in [1.54, 1.807) is 18.1 Å². The molecule has 19 heavy (non-hydrogen) atoms. The minimum atomic E-state index is -0.197. The van der Waals surface area contributed by atoms with Gasteiger partial charge in [0.25, 0.3) is 5.91 Å². The first-order chi connectivity index (χ1) is 9.24. The van der Waals surface area contributed by atoms with E-state index in [4.69, 9.17) is 4.42 Å². The Morgan fingerprint density at radius 3 is 3.05 bits per heavy atom. The lowest BCUT2D eigenvalue weighted by Crippen LogP contribution is -2.23. The second kappa shape index (κ2) is 4.56. The Kier molecular flexibility index (Phi) is 2.75. The number of fused-ring (bicyclic) bond motifs is 1. The molecule has 0 atom stereocenters. The number of nitrogens with zero attached hydrogens (tertiary/aromatic N) is 3. The van der Waals surface area contributed by atoms with E-state index in [9.17, 15) is 4.79 Å². The van der Waals surface area contributed by atoms with Crippen molar-refractivity contribution in [3.8, 4) is 0 Å². The molecule has 1 N–H and O–H groups in total. The average molecular weight is 256 g/mol. The van der Waals surface area contributed by atoms with Gasteiger partial charge in [0, 0.05) is 12.4 Å². The number of para-hydroxylation sites is 1.